The molecular formula is C13H15N3OS. The van der Waals surface area contributed by atoms with Gasteiger partial charge in [0.15, 0.2) is 10.9 Å². The minimum atomic E-state index is 0.171. The Morgan fingerprint density at radius 1 is 1.33 bits per heavy atom. The van der Waals surface area contributed by atoms with Crippen LogP contribution in [0.5, 0.6) is 0 Å². The Hall–Kier alpha value is -1.62. The summed E-state index contributed by atoms with van der Waals surface area (Å²) in [5, 5.41) is 8.60. The molecule has 1 aromatic heterocycles. The quantitative estimate of drug-likeness (QED) is 0.613. The summed E-state index contributed by atoms with van der Waals surface area (Å²) in [5.41, 5.74) is 1.94. The van der Waals surface area contributed by atoms with Crippen LogP contribution in [0.15, 0.2) is 35.7 Å². The number of aryl methyl sites for hydroxylation is 2. The minimum absolute atomic E-state index is 0.171. The van der Waals surface area contributed by atoms with E-state index < -0.39 is 0 Å². The van der Waals surface area contributed by atoms with E-state index in [1.165, 1.54) is 5.56 Å². The minimum Gasteiger partial charge on any atom is -0.312 e. The SMILES string of the molecule is Cc1ccc(C(=O)CCSc2nncn2C)cc1. The van der Waals surface area contributed by atoms with Gasteiger partial charge in [-0.05, 0) is 6.92 Å². The second-order valence-electron chi connectivity index (χ2n) is 4.11. The van der Waals surface area contributed by atoms with E-state index in [9.17, 15) is 4.79 Å². The molecule has 1 aromatic carbocycles. The molecule has 0 unspecified atom stereocenters. The van der Waals surface area contributed by atoms with Crippen molar-refractivity contribution in [1.82, 2.24) is 14.8 Å². The maximum atomic E-state index is 11.9. The predicted molar refractivity (Wildman–Crippen MR) is 71.9 cm³/mol. The maximum Gasteiger partial charge on any atom is 0.190 e. The van der Waals surface area contributed by atoms with Gasteiger partial charge in [0, 0.05) is 24.8 Å². The van der Waals surface area contributed by atoms with Crippen molar-refractivity contribution < 1.29 is 4.79 Å². The molecule has 0 aliphatic heterocycles. The molecule has 2 rings (SSSR count). The first-order valence-corrected chi connectivity index (χ1v) is 6.72. The number of nitrogens with zero attached hydrogens (tertiary/aromatic N) is 3. The van der Waals surface area contributed by atoms with Crippen LogP contribution < -0.4 is 0 Å². The lowest BCUT2D eigenvalue weighted by atomic mass is 10.1. The van der Waals surface area contributed by atoms with Crippen molar-refractivity contribution >= 4 is 17.5 Å². The fraction of sp³-hybridized carbons (Fsp3) is 0.308. The molecular weight excluding hydrogens is 246 g/mol. The van der Waals surface area contributed by atoms with Crippen LogP contribution in [-0.2, 0) is 7.05 Å². The normalized spacial score (nSPS) is 10.6. The standard InChI is InChI=1S/C13H15N3OS/c1-10-3-5-11(6-4-10)12(17)7-8-18-13-15-14-9-16(13)2/h3-6,9H,7-8H2,1-2H3. The van der Waals surface area contributed by atoms with E-state index in [0.717, 1.165) is 16.5 Å². The van der Waals surface area contributed by atoms with Gasteiger partial charge in [0.2, 0.25) is 0 Å². The Morgan fingerprint density at radius 3 is 2.67 bits per heavy atom. The van der Waals surface area contributed by atoms with E-state index in [0.29, 0.717) is 6.42 Å². The molecule has 0 saturated heterocycles. The lowest BCUT2D eigenvalue weighted by Gasteiger charge is -2.02. The highest BCUT2D eigenvalue weighted by atomic mass is 32.2. The summed E-state index contributed by atoms with van der Waals surface area (Å²) in [6, 6.07) is 7.68. The van der Waals surface area contributed by atoms with Gasteiger partial charge in [-0.25, -0.2) is 0 Å². The number of aromatic nitrogens is 3. The summed E-state index contributed by atoms with van der Waals surface area (Å²) in [4.78, 5) is 11.9. The fourth-order valence-electron chi connectivity index (χ4n) is 1.52. The van der Waals surface area contributed by atoms with Gasteiger partial charge in [0.25, 0.3) is 0 Å². The summed E-state index contributed by atoms with van der Waals surface area (Å²) < 4.78 is 1.85. The molecule has 0 N–H and O–H groups in total. The molecule has 0 spiro atoms. The summed E-state index contributed by atoms with van der Waals surface area (Å²) in [6.45, 7) is 2.01. The Morgan fingerprint density at radius 2 is 2.06 bits per heavy atom. The summed E-state index contributed by atoms with van der Waals surface area (Å²) in [6.07, 6.45) is 2.17. The van der Waals surface area contributed by atoms with Crippen LogP contribution in [0, 0.1) is 6.92 Å². The molecule has 4 nitrogen and oxygen atoms in total. The Labute approximate surface area is 110 Å². The van der Waals surface area contributed by atoms with Crippen LogP contribution in [0.25, 0.3) is 0 Å². The molecule has 94 valence electrons. The van der Waals surface area contributed by atoms with Gasteiger partial charge in [0.05, 0.1) is 0 Å². The first-order chi connectivity index (χ1) is 8.66. The van der Waals surface area contributed by atoms with Gasteiger partial charge >= 0.3 is 0 Å². The number of ketones is 1. The van der Waals surface area contributed by atoms with Crippen LogP contribution in [0.3, 0.4) is 0 Å². The number of Topliss-reactive ketones (excluding diaryl/α,β-unsaturated/α-hetero) is 1. The predicted octanol–water partition coefficient (Wildman–Crippen LogP) is 2.49. The first-order valence-electron chi connectivity index (χ1n) is 5.73. The molecule has 0 atom stereocenters. The number of rotatable bonds is 5. The van der Waals surface area contributed by atoms with Gasteiger partial charge in [-0.15, -0.1) is 10.2 Å². The lowest BCUT2D eigenvalue weighted by Crippen LogP contribution is -2.01. The summed E-state index contributed by atoms with van der Waals surface area (Å²) in [5.74, 6) is 0.892. The molecule has 0 saturated carbocycles. The molecule has 5 heteroatoms. The van der Waals surface area contributed by atoms with Crippen molar-refractivity contribution in [3.8, 4) is 0 Å². The second-order valence-corrected chi connectivity index (χ2v) is 5.17. The van der Waals surface area contributed by atoms with Crippen molar-refractivity contribution in [2.24, 2.45) is 7.05 Å². The van der Waals surface area contributed by atoms with Gasteiger partial charge in [-0.1, -0.05) is 41.6 Å². The first kappa shape index (κ1) is 12.8. The van der Waals surface area contributed by atoms with Gasteiger partial charge in [0.1, 0.15) is 6.33 Å². The zero-order valence-corrected chi connectivity index (χ0v) is 11.3. The van der Waals surface area contributed by atoms with Gasteiger partial charge < -0.3 is 4.57 Å². The monoisotopic (exact) mass is 261 g/mol. The number of thioether (sulfide) groups is 1. The van der Waals surface area contributed by atoms with E-state index in [1.54, 1.807) is 18.1 Å². The van der Waals surface area contributed by atoms with E-state index in [4.69, 9.17) is 0 Å². The third-order valence-corrected chi connectivity index (χ3v) is 3.64. The van der Waals surface area contributed by atoms with E-state index in [-0.39, 0.29) is 5.78 Å². The highest BCUT2D eigenvalue weighted by molar-refractivity contribution is 7.99. The molecule has 0 fully saturated rings. The van der Waals surface area contributed by atoms with Crippen molar-refractivity contribution in [1.29, 1.82) is 0 Å². The molecule has 1 heterocycles. The second kappa shape index (κ2) is 5.82. The zero-order valence-electron chi connectivity index (χ0n) is 10.5. The van der Waals surface area contributed by atoms with E-state index >= 15 is 0 Å². The molecule has 0 radical (unpaired) electrons. The number of carbonyl (C=O) groups excluding carboxylic acids is 1. The average Bonchev–Trinajstić information content (AvgIpc) is 2.76. The average molecular weight is 261 g/mol. The van der Waals surface area contributed by atoms with Crippen molar-refractivity contribution in [2.45, 2.75) is 18.5 Å². The topological polar surface area (TPSA) is 47.8 Å². The number of carbonyl (C=O) groups is 1. The van der Waals surface area contributed by atoms with Crippen LogP contribution in [0.1, 0.15) is 22.3 Å². The third-order valence-electron chi connectivity index (χ3n) is 2.60. The van der Waals surface area contributed by atoms with Crippen LogP contribution in [0.4, 0.5) is 0 Å². The molecule has 0 amide bonds. The summed E-state index contributed by atoms with van der Waals surface area (Å²) in [7, 11) is 1.89. The number of benzene rings is 1. The van der Waals surface area contributed by atoms with Crippen LogP contribution >= 0.6 is 11.8 Å². The van der Waals surface area contributed by atoms with E-state index in [2.05, 4.69) is 10.2 Å². The van der Waals surface area contributed by atoms with Crippen molar-refractivity contribution in [3.05, 3.63) is 41.7 Å². The largest absolute Gasteiger partial charge is 0.312 e. The Kier molecular flexibility index (Phi) is 4.15. The Bertz CT molecular complexity index is 533. The third kappa shape index (κ3) is 3.20. The maximum absolute atomic E-state index is 11.9. The Balaban J connectivity index is 1.85. The highest BCUT2D eigenvalue weighted by Crippen LogP contribution is 2.16. The number of hydrogen-bond donors (Lipinski definition) is 0. The molecule has 18 heavy (non-hydrogen) atoms. The van der Waals surface area contributed by atoms with E-state index in [1.807, 2.05) is 42.8 Å². The highest BCUT2D eigenvalue weighted by Gasteiger charge is 2.07. The van der Waals surface area contributed by atoms with Crippen molar-refractivity contribution in [3.63, 3.8) is 0 Å². The molecule has 0 aliphatic rings. The lowest BCUT2D eigenvalue weighted by molar-refractivity contribution is 0.0989. The summed E-state index contributed by atoms with van der Waals surface area (Å²) >= 11 is 1.55. The zero-order chi connectivity index (χ0) is 13.0. The van der Waals surface area contributed by atoms with Crippen molar-refractivity contribution in [2.75, 3.05) is 5.75 Å². The number of hydrogen-bond acceptors (Lipinski definition) is 4. The van der Waals surface area contributed by atoms with Gasteiger partial charge in [-0.2, -0.15) is 0 Å². The molecule has 2 aromatic rings. The van der Waals surface area contributed by atoms with Crippen LogP contribution in [-0.4, -0.2) is 26.3 Å². The molecule has 0 aliphatic carbocycles. The molecule has 0 bridgehead atoms. The fourth-order valence-corrected chi connectivity index (χ4v) is 2.35. The van der Waals surface area contributed by atoms with Gasteiger partial charge in [-0.3, -0.25) is 4.79 Å². The van der Waals surface area contributed by atoms with Crippen LogP contribution in [0.2, 0.25) is 0 Å². The smallest absolute Gasteiger partial charge is 0.190 e.